The summed E-state index contributed by atoms with van der Waals surface area (Å²) in [6, 6.07) is 10.7. The number of amides is 1. The number of sulfonamides is 1. The fourth-order valence-electron chi connectivity index (χ4n) is 2.78. The monoisotopic (exact) mass is 427 g/mol. The summed E-state index contributed by atoms with van der Waals surface area (Å²) in [6.07, 6.45) is 0. The Balaban J connectivity index is 1.72. The molecule has 144 valence electrons. The Morgan fingerprint density at radius 1 is 0.963 bits per heavy atom. The molecule has 1 heterocycles. The van der Waals surface area contributed by atoms with E-state index in [1.54, 1.807) is 12.1 Å². The van der Waals surface area contributed by atoms with Gasteiger partial charge in [0.05, 0.1) is 4.90 Å². The molecule has 0 aromatic heterocycles. The highest BCUT2D eigenvalue weighted by atomic mass is 35.5. The van der Waals surface area contributed by atoms with E-state index in [0.717, 1.165) is 0 Å². The number of carbonyl (C=O) groups excluding carboxylic acids is 1. The number of likely N-dealkylation sites (N-methyl/N-ethyl adjacent to an activating group) is 1. The van der Waals surface area contributed by atoms with Gasteiger partial charge in [0, 0.05) is 47.5 Å². The first-order chi connectivity index (χ1) is 12.8. The normalized spacial score (nSPS) is 16.3. The van der Waals surface area contributed by atoms with Gasteiger partial charge in [-0.25, -0.2) is 8.42 Å². The molecule has 1 aliphatic rings. The lowest BCUT2D eigenvalue weighted by atomic mass is 10.2. The zero-order valence-electron chi connectivity index (χ0n) is 14.7. The number of hydrogen-bond donors (Lipinski definition) is 1. The number of hydrogen-bond acceptors (Lipinski definition) is 4. The van der Waals surface area contributed by atoms with Gasteiger partial charge in [0.1, 0.15) is 0 Å². The first kappa shape index (κ1) is 20.1. The summed E-state index contributed by atoms with van der Waals surface area (Å²) >= 11 is 11.8. The third kappa shape index (κ3) is 4.80. The quantitative estimate of drug-likeness (QED) is 0.812. The lowest BCUT2D eigenvalue weighted by Gasteiger charge is -2.31. The van der Waals surface area contributed by atoms with Crippen LogP contribution in [0.1, 0.15) is 10.4 Å². The van der Waals surface area contributed by atoms with E-state index < -0.39 is 10.0 Å². The van der Waals surface area contributed by atoms with Gasteiger partial charge in [-0.2, -0.15) is 4.31 Å². The highest BCUT2D eigenvalue weighted by molar-refractivity contribution is 7.89. The van der Waals surface area contributed by atoms with E-state index in [2.05, 4.69) is 10.2 Å². The van der Waals surface area contributed by atoms with Crippen molar-refractivity contribution in [2.24, 2.45) is 0 Å². The van der Waals surface area contributed by atoms with Crippen LogP contribution in [0.4, 0.5) is 5.69 Å². The molecule has 6 nitrogen and oxygen atoms in total. The van der Waals surface area contributed by atoms with Gasteiger partial charge < -0.3 is 10.2 Å². The number of rotatable bonds is 4. The molecule has 0 spiro atoms. The van der Waals surface area contributed by atoms with Crippen LogP contribution in [-0.2, 0) is 10.0 Å². The molecule has 1 fully saturated rings. The van der Waals surface area contributed by atoms with Crippen LogP contribution < -0.4 is 5.32 Å². The SMILES string of the molecule is CN1CCN(S(=O)(=O)c2ccc(NC(=O)c3cc(Cl)cc(Cl)c3)cc2)CC1. The zero-order valence-corrected chi connectivity index (χ0v) is 17.0. The smallest absolute Gasteiger partial charge is 0.255 e. The summed E-state index contributed by atoms with van der Waals surface area (Å²) in [4.78, 5) is 14.6. The van der Waals surface area contributed by atoms with Crippen molar-refractivity contribution in [1.82, 2.24) is 9.21 Å². The summed E-state index contributed by atoms with van der Waals surface area (Å²) in [5, 5.41) is 3.43. The van der Waals surface area contributed by atoms with Crippen molar-refractivity contribution in [3.63, 3.8) is 0 Å². The largest absolute Gasteiger partial charge is 0.322 e. The average Bonchev–Trinajstić information content (AvgIpc) is 2.61. The van der Waals surface area contributed by atoms with Crippen LogP contribution in [0, 0.1) is 0 Å². The number of benzene rings is 2. The Hall–Kier alpha value is -1.64. The molecule has 3 rings (SSSR count). The molecular formula is C18H19Cl2N3O3S. The van der Waals surface area contributed by atoms with Crippen LogP contribution in [0.25, 0.3) is 0 Å². The van der Waals surface area contributed by atoms with Gasteiger partial charge in [0.25, 0.3) is 5.91 Å². The Morgan fingerprint density at radius 3 is 2.07 bits per heavy atom. The third-order valence-corrected chi connectivity index (χ3v) is 6.69. The minimum atomic E-state index is -3.54. The first-order valence-electron chi connectivity index (χ1n) is 8.32. The van der Waals surface area contributed by atoms with E-state index in [0.29, 0.717) is 47.5 Å². The summed E-state index contributed by atoms with van der Waals surface area (Å²) in [5.74, 6) is -0.380. The maximum atomic E-state index is 12.7. The maximum Gasteiger partial charge on any atom is 0.255 e. The molecule has 27 heavy (non-hydrogen) atoms. The van der Waals surface area contributed by atoms with Crippen LogP contribution in [0.3, 0.4) is 0 Å². The predicted octanol–water partition coefficient (Wildman–Crippen LogP) is 3.18. The van der Waals surface area contributed by atoms with E-state index in [4.69, 9.17) is 23.2 Å². The molecule has 1 aliphatic heterocycles. The molecule has 0 unspecified atom stereocenters. The molecule has 1 saturated heterocycles. The molecule has 0 radical (unpaired) electrons. The topological polar surface area (TPSA) is 69.7 Å². The number of nitrogens with zero attached hydrogens (tertiary/aromatic N) is 2. The molecule has 0 bridgehead atoms. The van der Waals surface area contributed by atoms with Crippen LogP contribution in [0.2, 0.25) is 10.0 Å². The summed E-state index contributed by atoms with van der Waals surface area (Å²) < 4.78 is 26.9. The Kier molecular flexibility index (Phi) is 6.08. The number of carbonyl (C=O) groups is 1. The second-order valence-corrected chi connectivity index (χ2v) is 9.15. The van der Waals surface area contributed by atoms with Crippen LogP contribution in [-0.4, -0.2) is 56.8 Å². The lowest BCUT2D eigenvalue weighted by molar-refractivity contribution is 0.102. The van der Waals surface area contributed by atoms with Crippen LogP contribution in [0.15, 0.2) is 47.4 Å². The summed E-state index contributed by atoms with van der Waals surface area (Å²) in [6.45, 7) is 2.34. The average molecular weight is 428 g/mol. The Bertz CT molecular complexity index is 921. The van der Waals surface area contributed by atoms with Crippen LogP contribution in [0.5, 0.6) is 0 Å². The number of nitrogens with one attached hydrogen (secondary N) is 1. The Labute approximate surface area is 168 Å². The summed E-state index contributed by atoms with van der Waals surface area (Å²) in [5.41, 5.74) is 0.801. The standard InChI is InChI=1S/C18H19Cl2N3O3S/c1-22-6-8-23(9-7-22)27(25,26)17-4-2-16(3-5-17)21-18(24)13-10-14(19)12-15(20)11-13/h2-5,10-12H,6-9H2,1H3,(H,21,24). The molecule has 1 N–H and O–H groups in total. The van der Waals surface area contributed by atoms with E-state index in [-0.39, 0.29) is 10.8 Å². The predicted molar refractivity (Wildman–Crippen MR) is 107 cm³/mol. The van der Waals surface area contributed by atoms with E-state index in [1.807, 2.05) is 7.05 Å². The van der Waals surface area contributed by atoms with Gasteiger partial charge in [0.2, 0.25) is 10.0 Å². The first-order valence-corrected chi connectivity index (χ1v) is 10.5. The molecule has 1 amide bonds. The zero-order chi connectivity index (χ0) is 19.6. The second kappa shape index (κ2) is 8.16. The van der Waals surface area contributed by atoms with E-state index in [9.17, 15) is 13.2 Å². The highest BCUT2D eigenvalue weighted by Crippen LogP contribution is 2.22. The van der Waals surface area contributed by atoms with Gasteiger partial charge in [0.15, 0.2) is 0 Å². The molecule has 9 heteroatoms. The fourth-order valence-corrected chi connectivity index (χ4v) is 4.72. The number of halogens is 2. The Morgan fingerprint density at radius 2 is 1.52 bits per heavy atom. The van der Waals surface area contributed by atoms with Gasteiger partial charge in [-0.05, 0) is 49.5 Å². The minimum Gasteiger partial charge on any atom is -0.322 e. The fraction of sp³-hybridized carbons (Fsp3) is 0.278. The molecule has 0 saturated carbocycles. The third-order valence-electron chi connectivity index (χ3n) is 4.34. The highest BCUT2D eigenvalue weighted by Gasteiger charge is 2.27. The molecule has 2 aromatic rings. The van der Waals surface area contributed by atoms with Crippen molar-refractivity contribution in [2.75, 3.05) is 38.5 Å². The minimum absolute atomic E-state index is 0.204. The molecular weight excluding hydrogens is 409 g/mol. The lowest BCUT2D eigenvalue weighted by Crippen LogP contribution is -2.46. The van der Waals surface area contributed by atoms with Crippen molar-refractivity contribution < 1.29 is 13.2 Å². The van der Waals surface area contributed by atoms with Crippen molar-refractivity contribution in [1.29, 1.82) is 0 Å². The van der Waals surface area contributed by atoms with Gasteiger partial charge >= 0.3 is 0 Å². The number of piperazine rings is 1. The van der Waals surface area contributed by atoms with E-state index >= 15 is 0 Å². The second-order valence-electron chi connectivity index (χ2n) is 6.34. The molecule has 0 aliphatic carbocycles. The van der Waals surface area contributed by atoms with Crippen molar-refractivity contribution >= 4 is 44.8 Å². The van der Waals surface area contributed by atoms with Crippen molar-refractivity contribution in [3.05, 3.63) is 58.1 Å². The number of anilines is 1. The van der Waals surface area contributed by atoms with Gasteiger partial charge in [-0.1, -0.05) is 23.2 Å². The van der Waals surface area contributed by atoms with Gasteiger partial charge in [-0.15, -0.1) is 0 Å². The maximum absolute atomic E-state index is 12.7. The molecule has 0 atom stereocenters. The van der Waals surface area contributed by atoms with Crippen LogP contribution >= 0.6 is 23.2 Å². The van der Waals surface area contributed by atoms with Gasteiger partial charge in [-0.3, -0.25) is 4.79 Å². The molecule has 2 aromatic carbocycles. The summed E-state index contributed by atoms with van der Waals surface area (Å²) in [7, 11) is -1.57. The van der Waals surface area contributed by atoms with Crippen molar-refractivity contribution in [3.8, 4) is 0 Å². The van der Waals surface area contributed by atoms with E-state index in [1.165, 1.54) is 34.6 Å². The van der Waals surface area contributed by atoms with Crippen molar-refractivity contribution in [2.45, 2.75) is 4.90 Å².